The number of amides is 1. The highest BCUT2D eigenvalue weighted by Gasteiger charge is 2.38. The summed E-state index contributed by atoms with van der Waals surface area (Å²) < 4.78 is 5.45. The third kappa shape index (κ3) is 2.69. The Kier molecular flexibility index (Phi) is 3.88. The Hall–Kier alpha value is -2.82. The lowest BCUT2D eigenvalue weighted by molar-refractivity contribution is 0.0547. The maximum Gasteiger partial charge on any atom is 0.254 e. The van der Waals surface area contributed by atoms with Gasteiger partial charge in [0.2, 0.25) is 0 Å². The van der Waals surface area contributed by atoms with Crippen molar-refractivity contribution in [1.29, 1.82) is 0 Å². The van der Waals surface area contributed by atoms with Gasteiger partial charge in [-0.25, -0.2) is 4.98 Å². The summed E-state index contributed by atoms with van der Waals surface area (Å²) in [5.41, 5.74) is 5.32. The zero-order chi connectivity index (χ0) is 18.4. The van der Waals surface area contributed by atoms with Gasteiger partial charge in [0.1, 0.15) is 5.75 Å². The van der Waals surface area contributed by atoms with Gasteiger partial charge in [0, 0.05) is 24.1 Å². The highest BCUT2D eigenvalue weighted by atomic mass is 16.5. The Labute approximate surface area is 158 Å². The molecule has 27 heavy (non-hydrogen) atoms. The minimum absolute atomic E-state index is 0.132. The SMILES string of the molecule is COc1ccc2c(c1)[C@H]1CCCN(C(=O)c3ccc4nc[nH]c4c3)[C@@H]1CC2. The van der Waals surface area contributed by atoms with E-state index in [1.54, 1.807) is 13.4 Å². The number of benzene rings is 2. The molecule has 5 heteroatoms. The maximum atomic E-state index is 13.3. The molecular weight excluding hydrogens is 338 g/mol. The van der Waals surface area contributed by atoms with E-state index in [2.05, 4.69) is 27.0 Å². The van der Waals surface area contributed by atoms with Crippen LogP contribution in [0.3, 0.4) is 0 Å². The van der Waals surface area contributed by atoms with Crippen molar-refractivity contribution >= 4 is 16.9 Å². The second kappa shape index (κ2) is 6.41. The number of piperidine rings is 1. The third-order valence-electron chi connectivity index (χ3n) is 6.17. The number of hydrogen-bond acceptors (Lipinski definition) is 3. The number of nitrogens with zero attached hydrogens (tertiary/aromatic N) is 2. The lowest BCUT2D eigenvalue weighted by Crippen LogP contribution is -2.49. The highest BCUT2D eigenvalue weighted by Crippen LogP contribution is 2.42. The number of H-pyrrole nitrogens is 1. The molecule has 0 spiro atoms. The van der Waals surface area contributed by atoms with Crippen LogP contribution in [0.2, 0.25) is 0 Å². The van der Waals surface area contributed by atoms with Gasteiger partial charge in [-0.15, -0.1) is 0 Å². The van der Waals surface area contributed by atoms with Gasteiger partial charge in [0.05, 0.1) is 24.5 Å². The molecule has 1 fully saturated rings. The van der Waals surface area contributed by atoms with Crippen molar-refractivity contribution in [1.82, 2.24) is 14.9 Å². The lowest BCUT2D eigenvalue weighted by Gasteiger charge is -2.45. The Morgan fingerprint density at radius 2 is 2.15 bits per heavy atom. The van der Waals surface area contributed by atoms with Crippen LogP contribution in [0.25, 0.3) is 11.0 Å². The van der Waals surface area contributed by atoms with E-state index in [0.717, 1.165) is 54.6 Å². The van der Waals surface area contributed by atoms with Crippen molar-refractivity contribution < 1.29 is 9.53 Å². The summed E-state index contributed by atoms with van der Waals surface area (Å²) in [4.78, 5) is 22.8. The molecule has 0 unspecified atom stereocenters. The molecule has 3 aromatic rings. The van der Waals surface area contributed by atoms with Gasteiger partial charge in [-0.3, -0.25) is 4.79 Å². The normalized spacial score (nSPS) is 21.6. The van der Waals surface area contributed by atoms with E-state index < -0.39 is 0 Å². The number of imidazole rings is 1. The first-order valence-electron chi connectivity index (χ1n) is 9.65. The Morgan fingerprint density at radius 3 is 3.04 bits per heavy atom. The fourth-order valence-corrected chi connectivity index (χ4v) is 4.84. The van der Waals surface area contributed by atoms with Crippen LogP contribution in [0.15, 0.2) is 42.7 Å². The molecule has 5 rings (SSSR count). The zero-order valence-corrected chi connectivity index (χ0v) is 15.4. The number of hydrogen-bond donors (Lipinski definition) is 1. The summed E-state index contributed by atoms with van der Waals surface area (Å²) >= 11 is 0. The van der Waals surface area contributed by atoms with Crippen LogP contribution in [-0.4, -0.2) is 40.5 Å². The number of likely N-dealkylation sites (tertiary alicyclic amines) is 1. The van der Waals surface area contributed by atoms with Crippen molar-refractivity contribution in [3.8, 4) is 5.75 Å². The molecule has 2 heterocycles. The van der Waals surface area contributed by atoms with Crippen LogP contribution in [0.1, 0.15) is 46.7 Å². The van der Waals surface area contributed by atoms with Gasteiger partial charge in [-0.2, -0.15) is 0 Å². The number of nitrogens with one attached hydrogen (secondary N) is 1. The van der Waals surface area contributed by atoms with E-state index in [-0.39, 0.29) is 11.9 Å². The topological polar surface area (TPSA) is 58.2 Å². The number of rotatable bonds is 2. The van der Waals surface area contributed by atoms with Crippen LogP contribution < -0.4 is 4.74 Å². The smallest absolute Gasteiger partial charge is 0.254 e. The van der Waals surface area contributed by atoms with Crippen LogP contribution in [-0.2, 0) is 6.42 Å². The number of aromatic nitrogens is 2. The minimum atomic E-state index is 0.132. The molecule has 1 aliphatic carbocycles. The minimum Gasteiger partial charge on any atom is -0.497 e. The maximum absolute atomic E-state index is 13.3. The van der Waals surface area contributed by atoms with E-state index in [4.69, 9.17) is 4.74 Å². The Bertz CT molecular complexity index is 1010. The molecule has 1 amide bonds. The summed E-state index contributed by atoms with van der Waals surface area (Å²) in [5, 5.41) is 0. The molecule has 2 aliphatic rings. The summed E-state index contributed by atoms with van der Waals surface area (Å²) in [6, 6.07) is 12.4. The molecule has 2 aromatic carbocycles. The fraction of sp³-hybridized carbons (Fsp3) is 0.364. The molecular formula is C22H23N3O2. The van der Waals surface area contributed by atoms with Crippen molar-refractivity contribution in [2.24, 2.45) is 0 Å². The van der Waals surface area contributed by atoms with Crippen LogP contribution >= 0.6 is 0 Å². The molecule has 1 N–H and O–H groups in total. The first kappa shape index (κ1) is 16.4. The van der Waals surface area contributed by atoms with E-state index in [9.17, 15) is 4.79 Å². The van der Waals surface area contributed by atoms with Crippen molar-refractivity contribution in [3.63, 3.8) is 0 Å². The van der Waals surface area contributed by atoms with Crippen molar-refractivity contribution in [3.05, 3.63) is 59.4 Å². The number of ether oxygens (including phenoxy) is 1. The standard InChI is InChI=1S/C22H23N3O2/c1-27-16-7-4-14-6-9-21-17(18(14)12-16)3-2-10-25(21)22(26)15-5-8-19-20(11-15)24-13-23-19/h4-5,7-8,11-13,17,21H,2-3,6,9-10H2,1H3,(H,23,24)/t17-,21-/m1/s1. The number of aryl methyl sites for hydroxylation is 1. The molecule has 2 atom stereocenters. The first-order chi connectivity index (χ1) is 13.2. The first-order valence-corrected chi connectivity index (χ1v) is 9.65. The molecule has 138 valence electrons. The van der Waals surface area contributed by atoms with Crippen LogP contribution in [0, 0.1) is 0 Å². The monoisotopic (exact) mass is 361 g/mol. The third-order valence-corrected chi connectivity index (χ3v) is 6.17. The summed E-state index contributed by atoms with van der Waals surface area (Å²) in [6.45, 7) is 0.834. The second-order valence-electron chi connectivity index (χ2n) is 7.55. The van der Waals surface area contributed by atoms with Gasteiger partial charge in [0.15, 0.2) is 0 Å². The van der Waals surface area contributed by atoms with Crippen molar-refractivity contribution in [2.75, 3.05) is 13.7 Å². The molecule has 0 saturated carbocycles. The predicted octanol–water partition coefficient (Wildman–Crippen LogP) is 3.91. The van der Waals surface area contributed by atoms with Gasteiger partial charge in [-0.05, 0) is 67.1 Å². The van der Waals surface area contributed by atoms with E-state index >= 15 is 0 Å². The largest absolute Gasteiger partial charge is 0.497 e. The lowest BCUT2D eigenvalue weighted by atomic mass is 9.74. The average Bonchev–Trinajstić information content (AvgIpc) is 3.20. The fourth-order valence-electron chi connectivity index (χ4n) is 4.84. The van der Waals surface area contributed by atoms with Gasteiger partial charge in [-0.1, -0.05) is 6.07 Å². The molecule has 0 radical (unpaired) electrons. The summed E-state index contributed by atoms with van der Waals surface area (Å²) in [7, 11) is 1.71. The molecule has 1 aromatic heterocycles. The number of fused-ring (bicyclic) bond motifs is 4. The molecule has 5 nitrogen and oxygen atoms in total. The zero-order valence-electron chi connectivity index (χ0n) is 15.4. The van der Waals surface area contributed by atoms with Crippen LogP contribution in [0.5, 0.6) is 5.75 Å². The number of carbonyl (C=O) groups excluding carboxylic acids is 1. The van der Waals surface area contributed by atoms with Gasteiger partial charge < -0.3 is 14.6 Å². The van der Waals surface area contributed by atoms with E-state index in [0.29, 0.717) is 5.92 Å². The molecule has 1 aliphatic heterocycles. The number of methoxy groups -OCH3 is 1. The van der Waals surface area contributed by atoms with Gasteiger partial charge in [0.25, 0.3) is 5.91 Å². The Morgan fingerprint density at radius 1 is 1.22 bits per heavy atom. The van der Waals surface area contributed by atoms with Crippen LogP contribution in [0.4, 0.5) is 0 Å². The quantitative estimate of drug-likeness (QED) is 0.753. The van der Waals surface area contributed by atoms with E-state index in [1.807, 2.05) is 24.3 Å². The number of carbonyl (C=O) groups is 1. The second-order valence-corrected chi connectivity index (χ2v) is 7.55. The highest BCUT2D eigenvalue weighted by molar-refractivity contribution is 5.97. The number of aromatic amines is 1. The summed E-state index contributed by atoms with van der Waals surface area (Å²) in [6.07, 6.45) is 5.89. The van der Waals surface area contributed by atoms with Gasteiger partial charge >= 0.3 is 0 Å². The Balaban J connectivity index is 1.47. The molecule has 0 bridgehead atoms. The van der Waals surface area contributed by atoms with E-state index in [1.165, 1.54) is 11.1 Å². The predicted molar refractivity (Wildman–Crippen MR) is 104 cm³/mol. The van der Waals surface area contributed by atoms with Crippen molar-refractivity contribution in [2.45, 2.75) is 37.6 Å². The summed E-state index contributed by atoms with van der Waals surface area (Å²) in [5.74, 6) is 1.44. The molecule has 1 saturated heterocycles. The average molecular weight is 361 g/mol.